The van der Waals surface area contributed by atoms with Crippen molar-refractivity contribution in [1.29, 1.82) is 0 Å². The molecule has 0 fully saturated rings. The van der Waals surface area contributed by atoms with Crippen LogP contribution in [0.1, 0.15) is 74.7 Å². The largest absolute Gasteiger partial charge is 0.322 e. The maximum atomic E-state index is 13.2. The maximum absolute atomic E-state index is 13.2. The molecule has 0 aliphatic rings. The van der Waals surface area contributed by atoms with Crippen molar-refractivity contribution in [3.05, 3.63) is 87.0 Å². The number of H-pyrrole nitrogens is 1. The van der Waals surface area contributed by atoms with Crippen molar-refractivity contribution in [1.82, 2.24) is 30.1 Å². The maximum Gasteiger partial charge on any atom is 0.252 e. The molecule has 2 aromatic heterocycles. The molecule has 0 amide bonds. The molecule has 2 aromatic carbocycles. The van der Waals surface area contributed by atoms with E-state index in [1.807, 2.05) is 16.8 Å². The van der Waals surface area contributed by atoms with Crippen LogP contribution in [0.4, 0.5) is 0 Å². The van der Waals surface area contributed by atoms with Crippen LogP contribution in [-0.4, -0.2) is 30.1 Å². The van der Waals surface area contributed by atoms with Crippen LogP contribution in [0.3, 0.4) is 0 Å². The predicted molar refractivity (Wildman–Crippen MR) is 140 cm³/mol. The molecule has 0 bridgehead atoms. The number of pyridine rings is 1. The number of aromatic nitrogens is 5. The molecule has 7 heteroatoms. The van der Waals surface area contributed by atoms with Crippen LogP contribution in [0, 0.1) is 13.8 Å². The number of hydrogen-bond acceptors (Lipinski definition) is 5. The standard InChI is InChI=1S/C28H36N6O/c1-7-11-25(26-30-31-32-34(26)28(4,5)6)33(17-21-12-9-8-10-13-21)18-23-16-22-14-19(2)20(3)15-24(22)29-27(23)35/h8-10,12-16,25H,7,11,17-18H2,1-6H3,(H,29,35)/t25-/m0/s1. The highest BCUT2D eigenvalue weighted by atomic mass is 16.1. The lowest BCUT2D eigenvalue weighted by Gasteiger charge is -2.33. The number of tetrazole rings is 1. The summed E-state index contributed by atoms with van der Waals surface area (Å²) in [6.07, 6.45) is 1.85. The van der Waals surface area contributed by atoms with Crippen molar-refractivity contribution < 1.29 is 0 Å². The summed E-state index contributed by atoms with van der Waals surface area (Å²) in [6.45, 7) is 13.8. The smallest absolute Gasteiger partial charge is 0.252 e. The molecule has 2 heterocycles. The third kappa shape index (κ3) is 5.51. The first-order valence-corrected chi connectivity index (χ1v) is 12.4. The van der Waals surface area contributed by atoms with Gasteiger partial charge in [-0.25, -0.2) is 4.68 Å². The molecular formula is C28H36N6O. The summed E-state index contributed by atoms with van der Waals surface area (Å²) in [5, 5.41) is 13.9. The number of aryl methyl sites for hydroxylation is 2. The van der Waals surface area contributed by atoms with Crippen LogP contribution in [0.5, 0.6) is 0 Å². The molecule has 4 aromatic rings. The topological polar surface area (TPSA) is 79.7 Å². The fourth-order valence-corrected chi connectivity index (χ4v) is 4.58. The second-order valence-electron chi connectivity index (χ2n) is 10.5. The van der Waals surface area contributed by atoms with Crippen LogP contribution >= 0.6 is 0 Å². The molecule has 0 saturated heterocycles. The minimum atomic E-state index is -0.251. The molecule has 7 nitrogen and oxygen atoms in total. The van der Waals surface area contributed by atoms with Crippen molar-refractivity contribution in [2.45, 2.75) is 79.1 Å². The van der Waals surface area contributed by atoms with Gasteiger partial charge in [0.2, 0.25) is 0 Å². The lowest BCUT2D eigenvalue weighted by molar-refractivity contribution is 0.148. The minimum absolute atomic E-state index is 0.0377. The SMILES string of the molecule is CCC[C@@H](c1nnnn1C(C)(C)C)N(Cc1ccccc1)Cc1cc2cc(C)c(C)cc2[nH]c1=O. The molecule has 0 aliphatic heterocycles. The number of nitrogens with one attached hydrogen (secondary N) is 1. The Balaban J connectivity index is 1.79. The van der Waals surface area contributed by atoms with E-state index in [1.54, 1.807) is 0 Å². The van der Waals surface area contributed by atoms with Gasteiger partial charge in [-0.15, -0.1) is 5.10 Å². The highest BCUT2D eigenvalue weighted by Crippen LogP contribution is 2.30. The van der Waals surface area contributed by atoms with E-state index in [2.05, 4.69) is 103 Å². The quantitative estimate of drug-likeness (QED) is 0.370. The fraction of sp³-hybridized carbons (Fsp3) is 0.429. The van der Waals surface area contributed by atoms with Crippen molar-refractivity contribution >= 4 is 10.9 Å². The van der Waals surface area contributed by atoms with Gasteiger partial charge in [-0.2, -0.15) is 0 Å². The Morgan fingerprint density at radius 1 is 1.03 bits per heavy atom. The predicted octanol–water partition coefficient (Wildman–Crippen LogP) is 5.43. The number of rotatable bonds is 8. The van der Waals surface area contributed by atoms with Crippen LogP contribution in [0.25, 0.3) is 10.9 Å². The first-order chi connectivity index (χ1) is 16.7. The summed E-state index contributed by atoms with van der Waals surface area (Å²) in [4.78, 5) is 18.6. The van der Waals surface area contributed by atoms with E-state index >= 15 is 0 Å². The molecule has 1 atom stereocenters. The Morgan fingerprint density at radius 3 is 2.43 bits per heavy atom. The molecule has 184 valence electrons. The summed E-state index contributed by atoms with van der Waals surface area (Å²) in [5.41, 5.74) is 4.88. The molecule has 0 unspecified atom stereocenters. The number of nitrogens with zero attached hydrogens (tertiary/aromatic N) is 5. The Hall–Kier alpha value is -3.32. The molecule has 0 aliphatic carbocycles. The molecule has 0 radical (unpaired) electrons. The second-order valence-corrected chi connectivity index (χ2v) is 10.5. The van der Waals surface area contributed by atoms with Gasteiger partial charge in [0.25, 0.3) is 5.56 Å². The summed E-state index contributed by atoms with van der Waals surface area (Å²) in [6, 6.07) is 16.6. The van der Waals surface area contributed by atoms with Gasteiger partial charge in [-0.3, -0.25) is 9.69 Å². The van der Waals surface area contributed by atoms with Crippen molar-refractivity contribution in [2.75, 3.05) is 0 Å². The average molecular weight is 473 g/mol. The lowest BCUT2D eigenvalue weighted by Crippen LogP contribution is -2.35. The highest BCUT2D eigenvalue weighted by molar-refractivity contribution is 5.80. The van der Waals surface area contributed by atoms with Gasteiger partial charge in [0, 0.05) is 24.2 Å². The van der Waals surface area contributed by atoms with Gasteiger partial charge in [-0.1, -0.05) is 43.7 Å². The molecular weight excluding hydrogens is 436 g/mol. The van der Waals surface area contributed by atoms with Gasteiger partial charge in [0.05, 0.1) is 11.6 Å². The zero-order valence-corrected chi connectivity index (χ0v) is 21.7. The molecule has 4 rings (SSSR count). The third-order valence-electron chi connectivity index (χ3n) is 6.57. The van der Waals surface area contributed by atoms with E-state index in [4.69, 9.17) is 0 Å². The second kappa shape index (κ2) is 10.1. The summed E-state index contributed by atoms with van der Waals surface area (Å²) in [5.74, 6) is 0.832. The summed E-state index contributed by atoms with van der Waals surface area (Å²) >= 11 is 0. The molecule has 0 spiro atoms. The Morgan fingerprint density at radius 2 is 1.74 bits per heavy atom. The molecule has 1 N–H and O–H groups in total. The Bertz CT molecular complexity index is 1350. The van der Waals surface area contributed by atoms with E-state index in [-0.39, 0.29) is 17.1 Å². The third-order valence-corrected chi connectivity index (χ3v) is 6.57. The lowest BCUT2D eigenvalue weighted by atomic mass is 10.0. The van der Waals surface area contributed by atoms with Crippen LogP contribution < -0.4 is 5.56 Å². The summed E-state index contributed by atoms with van der Waals surface area (Å²) < 4.78 is 1.92. The first-order valence-electron chi connectivity index (χ1n) is 12.4. The Labute approximate surface area is 207 Å². The van der Waals surface area contributed by atoms with Gasteiger partial charge in [-0.05, 0) is 91.7 Å². The normalized spacial score (nSPS) is 13.0. The Kier molecular flexibility index (Phi) is 7.17. The van der Waals surface area contributed by atoms with Crippen molar-refractivity contribution in [3.8, 4) is 0 Å². The first kappa shape index (κ1) is 24.8. The number of benzene rings is 2. The number of hydrogen-bond donors (Lipinski definition) is 1. The van der Waals surface area contributed by atoms with Crippen molar-refractivity contribution in [2.24, 2.45) is 0 Å². The van der Waals surface area contributed by atoms with Crippen molar-refractivity contribution in [3.63, 3.8) is 0 Å². The van der Waals surface area contributed by atoms with E-state index in [0.29, 0.717) is 13.1 Å². The summed E-state index contributed by atoms with van der Waals surface area (Å²) in [7, 11) is 0. The van der Waals surface area contributed by atoms with Crippen LogP contribution in [-0.2, 0) is 18.6 Å². The fourth-order valence-electron chi connectivity index (χ4n) is 4.58. The van der Waals surface area contributed by atoms with Crippen LogP contribution in [0.15, 0.2) is 53.3 Å². The van der Waals surface area contributed by atoms with E-state index in [9.17, 15) is 4.79 Å². The minimum Gasteiger partial charge on any atom is -0.322 e. The van der Waals surface area contributed by atoms with E-state index < -0.39 is 0 Å². The highest BCUT2D eigenvalue weighted by Gasteiger charge is 2.30. The van der Waals surface area contributed by atoms with Crippen LogP contribution in [0.2, 0.25) is 0 Å². The van der Waals surface area contributed by atoms with Gasteiger partial charge in [0.1, 0.15) is 0 Å². The molecule has 0 saturated carbocycles. The van der Waals surface area contributed by atoms with Gasteiger partial charge >= 0.3 is 0 Å². The average Bonchev–Trinajstić information content (AvgIpc) is 3.30. The van der Waals surface area contributed by atoms with Gasteiger partial charge in [0.15, 0.2) is 5.82 Å². The van der Waals surface area contributed by atoms with E-state index in [0.717, 1.165) is 35.1 Å². The zero-order valence-electron chi connectivity index (χ0n) is 21.7. The van der Waals surface area contributed by atoms with E-state index in [1.165, 1.54) is 16.7 Å². The number of fused-ring (bicyclic) bond motifs is 1. The van der Waals surface area contributed by atoms with Gasteiger partial charge < -0.3 is 4.98 Å². The zero-order chi connectivity index (χ0) is 25.2. The number of aromatic amines is 1. The molecule has 35 heavy (non-hydrogen) atoms. The monoisotopic (exact) mass is 472 g/mol.